The van der Waals surface area contributed by atoms with E-state index in [0.29, 0.717) is 26.1 Å². The van der Waals surface area contributed by atoms with Crippen LogP contribution in [-0.2, 0) is 9.59 Å². The topological polar surface area (TPSA) is 69.6 Å². The van der Waals surface area contributed by atoms with Crippen LogP contribution in [0.4, 0.5) is 0 Å². The highest BCUT2D eigenvalue weighted by molar-refractivity contribution is 5.82. The number of carbonyl (C=O) groups excluding carboxylic acids is 1. The lowest BCUT2D eigenvalue weighted by atomic mass is 9.76. The molecule has 1 amide bonds. The summed E-state index contributed by atoms with van der Waals surface area (Å²) in [5.41, 5.74) is -0.762. The van der Waals surface area contributed by atoms with Crippen molar-refractivity contribution in [2.24, 2.45) is 11.3 Å². The molecule has 1 fully saturated rings. The molecule has 1 aliphatic rings. The fourth-order valence-corrected chi connectivity index (χ4v) is 2.28. The van der Waals surface area contributed by atoms with E-state index in [1.807, 2.05) is 20.8 Å². The minimum absolute atomic E-state index is 0.00405. The summed E-state index contributed by atoms with van der Waals surface area (Å²) < 4.78 is 0. The van der Waals surface area contributed by atoms with Gasteiger partial charge in [0, 0.05) is 13.1 Å². The highest BCUT2D eigenvalue weighted by atomic mass is 16.4. The molecule has 5 heteroatoms. The number of carbonyl (C=O) groups is 2. The Morgan fingerprint density at radius 2 is 2.12 bits per heavy atom. The van der Waals surface area contributed by atoms with Gasteiger partial charge in [0.2, 0.25) is 5.91 Å². The lowest BCUT2D eigenvalue weighted by Crippen LogP contribution is -2.42. The molecule has 1 unspecified atom stereocenters. The summed E-state index contributed by atoms with van der Waals surface area (Å²) in [6.07, 6.45) is 0.553. The fraction of sp³-hybridized carbons (Fsp3) is 0.833. The van der Waals surface area contributed by atoms with Gasteiger partial charge in [-0.1, -0.05) is 20.8 Å². The van der Waals surface area contributed by atoms with E-state index in [1.165, 1.54) is 0 Å². The van der Waals surface area contributed by atoms with E-state index in [-0.39, 0.29) is 11.8 Å². The van der Waals surface area contributed by atoms with Gasteiger partial charge >= 0.3 is 5.97 Å². The number of carboxylic acid groups (broad SMARTS) is 1. The standard InChI is InChI=1S/C12H22N2O3/c1-4-13-7-10(15)14-6-5-12(8-14,9(2)3)11(16)17/h9,13H,4-8H2,1-3H3,(H,16,17). The summed E-state index contributed by atoms with van der Waals surface area (Å²) in [7, 11) is 0. The molecule has 1 rings (SSSR count). The molecule has 0 bridgehead atoms. The number of aliphatic carboxylic acids is 1. The molecule has 5 nitrogen and oxygen atoms in total. The van der Waals surface area contributed by atoms with Gasteiger partial charge in [0.05, 0.1) is 12.0 Å². The highest BCUT2D eigenvalue weighted by Crippen LogP contribution is 2.38. The second-order valence-corrected chi connectivity index (χ2v) is 4.96. The number of likely N-dealkylation sites (tertiary alicyclic amines) is 1. The summed E-state index contributed by atoms with van der Waals surface area (Å²) in [4.78, 5) is 24.9. The Kier molecular flexibility index (Phi) is 4.51. The summed E-state index contributed by atoms with van der Waals surface area (Å²) in [6.45, 7) is 7.68. The van der Waals surface area contributed by atoms with Crippen molar-refractivity contribution in [3.8, 4) is 0 Å². The quantitative estimate of drug-likeness (QED) is 0.739. The third kappa shape index (κ3) is 2.77. The SMILES string of the molecule is CCNCC(=O)N1CCC(C(=O)O)(C(C)C)C1. The van der Waals surface area contributed by atoms with Crippen molar-refractivity contribution in [1.82, 2.24) is 10.2 Å². The smallest absolute Gasteiger partial charge is 0.311 e. The van der Waals surface area contributed by atoms with Crippen LogP contribution in [0.2, 0.25) is 0 Å². The third-order valence-corrected chi connectivity index (χ3v) is 3.71. The van der Waals surface area contributed by atoms with Gasteiger partial charge in [-0.25, -0.2) is 0 Å². The molecular weight excluding hydrogens is 220 g/mol. The molecule has 1 atom stereocenters. The Balaban J connectivity index is 2.67. The van der Waals surface area contributed by atoms with Gasteiger partial charge in [-0.05, 0) is 18.9 Å². The molecule has 0 aromatic carbocycles. The maximum Gasteiger partial charge on any atom is 0.311 e. The normalized spacial score (nSPS) is 24.4. The van der Waals surface area contributed by atoms with Gasteiger partial charge in [-0.2, -0.15) is 0 Å². The van der Waals surface area contributed by atoms with Crippen molar-refractivity contribution in [3.05, 3.63) is 0 Å². The molecule has 1 saturated heterocycles. The summed E-state index contributed by atoms with van der Waals surface area (Å²) in [5.74, 6) is -0.751. The molecule has 0 spiro atoms. The first-order chi connectivity index (χ1) is 7.94. The van der Waals surface area contributed by atoms with Gasteiger partial charge < -0.3 is 15.3 Å². The third-order valence-electron chi connectivity index (χ3n) is 3.71. The molecule has 98 valence electrons. The molecular formula is C12H22N2O3. The number of nitrogens with zero attached hydrogens (tertiary/aromatic N) is 1. The van der Waals surface area contributed by atoms with Crippen molar-refractivity contribution in [1.29, 1.82) is 0 Å². The average Bonchev–Trinajstić information content (AvgIpc) is 2.72. The Morgan fingerprint density at radius 3 is 2.53 bits per heavy atom. The largest absolute Gasteiger partial charge is 0.481 e. The van der Waals surface area contributed by atoms with E-state index in [2.05, 4.69) is 5.32 Å². The zero-order valence-corrected chi connectivity index (χ0v) is 10.8. The van der Waals surface area contributed by atoms with Crippen LogP contribution in [0.15, 0.2) is 0 Å². The molecule has 2 N–H and O–H groups in total. The maximum atomic E-state index is 11.8. The van der Waals surface area contributed by atoms with Gasteiger partial charge in [-0.3, -0.25) is 9.59 Å². The number of hydrogen-bond acceptors (Lipinski definition) is 3. The Morgan fingerprint density at radius 1 is 1.47 bits per heavy atom. The van der Waals surface area contributed by atoms with Crippen LogP contribution in [0.1, 0.15) is 27.2 Å². The van der Waals surface area contributed by atoms with Crippen molar-refractivity contribution in [3.63, 3.8) is 0 Å². The fourth-order valence-electron chi connectivity index (χ4n) is 2.28. The molecule has 0 aromatic heterocycles. The van der Waals surface area contributed by atoms with Crippen LogP contribution in [0.5, 0.6) is 0 Å². The highest BCUT2D eigenvalue weighted by Gasteiger charge is 2.48. The van der Waals surface area contributed by atoms with E-state index in [0.717, 1.165) is 6.54 Å². The summed E-state index contributed by atoms with van der Waals surface area (Å²) in [5, 5.41) is 12.3. The van der Waals surface area contributed by atoms with Gasteiger partial charge in [-0.15, -0.1) is 0 Å². The number of carboxylic acids is 1. The van der Waals surface area contributed by atoms with E-state index < -0.39 is 11.4 Å². The van der Waals surface area contributed by atoms with E-state index in [4.69, 9.17) is 0 Å². The molecule has 0 radical (unpaired) electrons. The van der Waals surface area contributed by atoms with Crippen LogP contribution in [0, 0.1) is 11.3 Å². The molecule has 1 aliphatic heterocycles. The summed E-state index contributed by atoms with van der Waals surface area (Å²) in [6, 6.07) is 0. The first kappa shape index (κ1) is 14.0. The van der Waals surface area contributed by atoms with Crippen LogP contribution in [0.25, 0.3) is 0 Å². The number of nitrogens with one attached hydrogen (secondary N) is 1. The van der Waals surface area contributed by atoms with E-state index in [1.54, 1.807) is 4.90 Å². The number of hydrogen-bond donors (Lipinski definition) is 2. The van der Waals surface area contributed by atoms with Crippen LogP contribution < -0.4 is 5.32 Å². The first-order valence-corrected chi connectivity index (χ1v) is 6.16. The van der Waals surface area contributed by atoms with Gasteiger partial charge in [0.15, 0.2) is 0 Å². The minimum atomic E-state index is -0.786. The zero-order valence-electron chi connectivity index (χ0n) is 10.8. The van der Waals surface area contributed by atoms with Gasteiger partial charge in [0.1, 0.15) is 0 Å². The summed E-state index contributed by atoms with van der Waals surface area (Å²) >= 11 is 0. The molecule has 0 aliphatic carbocycles. The van der Waals surface area contributed by atoms with Crippen LogP contribution in [-0.4, -0.2) is 48.1 Å². The minimum Gasteiger partial charge on any atom is -0.481 e. The van der Waals surface area contributed by atoms with Crippen LogP contribution >= 0.6 is 0 Å². The lowest BCUT2D eigenvalue weighted by Gasteiger charge is -2.28. The Labute approximate surface area is 102 Å². The zero-order chi connectivity index (χ0) is 13.1. The maximum absolute atomic E-state index is 11.8. The molecule has 1 heterocycles. The molecule has 17 heavy (non-hydrogen) atoms. The van der Waals surface area contributed by atoms with Crippen molar-refractivity contribution < 1.29 is 14.7 Å². The number of rotatable bonds is 5. The lowest BCUT2D eigenvalue weighted by molar-refractivity contribution is -0.151. The van der Waals surface area contributed by atoms with Crippen molar-refractivity contribution >= 4 is 11.9 Å². The first-order valence-electron chi connectivity index (χ1n) is 6.16. The number of likely N-dealkylation sites (N-methyl/N-ethyl adjacent to an activating group) is 1. The average molecular weight is 242 g/mol. The van der Waals surface area contributed by atoms with Crippen LogP contribution in [0.3, 0.4) is 0 Å². The molecule has 0 saturated carbocycles. The predicted octanol–water partition coefficient (Wildman–Crippen LogP) is 0.555. The monoisotopic (exact) mass is 242 g/mol. The second-order valence-electron chi connectivity index (χ2n) is 4.96. The van der Waals surface area contributed by atoms with Crippen molar-refractivity contribution in [2.45, 2.75) is 27.2 Å². The Bertz CT molecular complexity index is 304. The van der Waals surface area contributed by atoms with E-state index >= 15 is 0 Å². The van der Waals surface area contributed by atoms with E-state index in [9.17, 15) is 14.7 Å². The second kappa shape index (κ2) is 5.49. The number of amides is 1. The van der Waals surface area contributed by atoms with Gasteiger partial charge in [0.25, 0.3) is 0 Å². The predicted molar refractivity (Wildman–Crippen MR) is 64.6 cm³/mol. The van der Waals surface area contributed by atoms with Crippen molar-refractivity contribution in [2.75, 3.05) is 26.2 Å². The molecule has 0 aromatic rings. The Hall–Kier alpha value is -1.10.